The van der Waals surface area contributed by atoms with Gasteiger partial charge in [-0.05, 0) is 6.07 Å². The summed E-state index contributed by atoms with van der Waals surface area (Å²) in [6.07, 6.45) is 3.29. The Bertz CT molecular complexity index is 1290. The summed E-state index contributed by atoms with van der Waals surface area (Å²) in [4.78, 5) is 4.47. The molecule has 0 aliphatic heterocycles. The Balaban J connectivity index is 1.76. The van der Waals surface area contributed by atoms with E-state index in [0.29, 0.717) is 10.6 Å². The highest BCUT2D eigenvalue weighted by atomic mass is 31.2. The van der Waals surface area contributed by atoms with Gasteiger partial charge in [-0.1, -0.05) is 121 Å². The van der Waals surface area contributed by atoms with Crippen LogP contribution in [-0.4, -0.2) is 4.98 Å². The summed E-state index contributed by atoms with van der Waals surface area (Å²) >= 11 is 0. The van der Waals surface area contributed by atoms with Gasteiger partial charge in [0.05, 0.1) is 0 Å². The van der Waals surface area contributed by atoms with E-state index in [1.54, 1.807) is 12.4 Å². The largest absolute Gasteiger partial charge is 0.309 e. The van der Waals surface area contributed by atoms with Gasteiger partial charge in [-0.3, -0.25) is 4.98 Å². The molecule has 4 aromatic carbocycles. The molecule has 0 spiro atoms. The van der Waals surface area contributed by atoms with E-state index in [4.69, 9.17) is 0 Å². The first-order valence-electron chi connectivity index (χ1n) is 11.0. The summed E-state index contributed by atoms with van der Waals surface area (Å²) in [7, 11) is -6.48. The Morgan fingerprint density at radius 1 is 0.382 bits per heavy atom. The smallest absolute Gasteiger partial charge is 0.172 e. The lowest BCUT2D eigenvalue weighted by Crippen LogP contribution is -2.31. The van der Waals surface area contributed by atoms with Crippen LogP contribution in [0, 0.1) is 0 Å². The number of benzene rings is 4. The van der Waals surface area contributed by atoms with E-state index in [-0.39, 0.29) is 0 Å². The molecule has 5 aromatic rings. The zero-order valence-corrected chi connectivity index (χ0v) is 20.2. The van der Waals surface area contributed by atoms with Crippen molar-refractivity contribution in [2.24, 2.45) is 0 Å². The minimum Gasteiger partial charge on any atom is -0.309 e. The molecule has 0 fully saturated rings. The third kappa shape index (κ3) is 3.88. The molecule has 5 rings (SSSR count). The van der Waals surface area contributed by atoms with E-state index in [1.165, 1.54) is 0 Å². The molecular formula is C29H23NO2P2. The first-order valence-corrected chi connectivity index (χ1v) is 14.4. The quantitative estimate of drug-likeness (QED) is 0.340. The Hall–Kier alpha value is -3.51. The molecule has 5 heteroatoms. The van der Waals surface area contributed by atoms with E-state index in [2.05, 4.69) is 4.98 Å². The zero-order valence-electron chi connectivity index (χ0n) is 18.4. The van der Waals surface area contributed by atoms with Crippen LogP contribution < -0.4 is 31.8 Å². The van der Waals surface area contributed by atoms with Crippen LogP contribution in [0.2, 0.25) is 0 Å². The minimum absolute atomic E-state index is 0.564. The molecular weight excluding hydrogens is 456 g/mol. The minimum atomic E-state index is -3.24. The van der Waals surface area contributed by atoms with E-state index in [0.717, 1.165) is 21.2 Å². The SMILES string of the molecule is O=P(c1ccccc1)(c1ccccc1)c1cncc(P(=O)(c2ccccc2)c2ccccc2)c1. The molecule has 0 unspecified atom stereocenters. The molecule has 1 aromatic heterocycles. The van der Waals surface area contributed by atoms with Crippen LogP contribution in [0.1, 0.15) is 0 Å². The van der Waals surface area contributed by atoms with Crippen LogP contribution in [0.3, 0.4) is 0 Å². The standard InChI is InChI=1S/C29H23NO2P2/c31-33(24-13-5-1-6-14-24,25-15-7-2-8-16-25)28-21-29(23-30-22-28)34(32,26-17-9-3-10-18-26)27-19-11-4-12-20-27/h1-23H. The molecule has 0 aliphatic rings. The van der Waals surface area contributed by atoms with Crippen molar-refractivity contribution in [3.63, 3.8) is 0 Å². The molecule has 0 bridgehead atoms. The van der Waals surface area contributed by atoms with Gasteiger partial charge in [0.1, 0.15) is 0 Å². The first kappa shape index (κ1) is 22.3. The molecule has 0 N–H and O–H groups in total. The van der Waals surface area contributed by atoms with E-state index >= 15 is 0 Å². The number of hydrogen-bond acceptors (Lipinski definition) is 3. The van der Waals surface area contributed by atoms with Gasteiger partial charge in [0, 0.05) is 44.2 Å². The van der Waals surface area contributed by atoms with Crippen molar-refractivity contribution < 1.29 is 9.13 Å². The summed E-state index contributed by atoms with van der Waals surface area (Å²) in [5.41, 5.74) is 0. The highest BCUT2D eigenvalue weighted by Gasteiger charge is 2.34. The lowest BCUT2D eigenvalue weighted by Gasteiger charge is -2.23. The van der Waals surface area contributed by atoms with Gasteiger partial charge < -0.3 is 9.13 Å². The Kier molecular flexibility index (Phi) is 6.16. The lowest BCUT2D eigenvalue weighted by atomic mass is 10.4. The summed E-state index contributed by atoms with van der Waals surface area (Å²) < 4.78 is 29.7. The number of pyridine rings is 1. The Labute approximate surface area is 199 Å². The third-order valence-electron chi connectivity index (χ3n) is 5.92. The fourth-order valence-corrected chi connectivity index (χ4v) is 9.57. The van der Waals surface area contributed by atoms with Crippen LogP contribution in [0.4, 0.5) is 0 Å². The second-order valence-electron chi connectivity index (χ2n) is 7.96. The molecule has 3 nitrogen and oxygen atoms in total. The van der Waals surface area contributed by atoms with Crippen LogP contribution in [0.5, 0.6) is 0 Å². The van der Waals surface area contributed by atoms with Crippen molar-refractivity contribution in [1.82, 2.24) is 4.98 Å². The molecule has 34 heavy (non-hydrogen) atoms. The Morgan fingerprint density at radius 2 is 0.647 bits per heavy atom. The van der Waals surface area contributed by atoms with Gasteiger partial charge in [-0.25, -0.2) is 0 Å². The summed E-state index contributed by atoms with van der Waals surface area (Å²) in [5, 5.41) is 4.00. The van der Waals surface area contributed by atoms with Crippen molar-refractivity contribution in [2.45, 2.75) is 0 Å². The fourth-order valence-electron chi connectivity index (χ4n) is 4.21. The van der Waals surface area contributed by atoms with E-state index < -0.39 is 14.3 Å². The molecule has 166 valence electrons. The fraction of sp³-hybridized carbons (Fsp3) is 0. The number of rotatable bonds is 6. The van der Waals surface area contributed by atoms with Gasteiger partial charge in [-0.2, -0.15) is 0 Å². The van der Waals surface area contributed by atoms with Crippen LogP contribution in [0.25, 0.3) is 0 Å². The average molecular weight is 479 g/mol. The zero-order chi connectivity index (χ0) is 23.4. The highest BCUT2D eigenvalue weighted by molar-refractivity contribution is 7.86. The Morgan fingerprint density at radius 3 is 0.912 bits per heavy atom. The van der Waals surface area contributed by atoms with Gasteiger partial charge >= 0.3 is 0 Å². The lowest BCUT2D eigenvalue weighted by molar-refractivity contribution is 0.592. The monoisotopic (exact) mass is 479 g/mol. The molecule has 0 amide bonds. The second-order valence-corrected chi connectivity index (χ2v) is 13.5. The number of hydrogen-bond donors (Lipinski definition) is 0. The second kappa shape index (κ2) is 9.39. The molecule has 0 radical (unpaired) electrons. The molecule has 0 saturated heterocycles. The van der Waals surface area contributed by atoms with E-state index in [9.17, 15) is 9.13 Å². The predicted molar refractivity (Wildman–Crippen MR) is 143 cm³/mol. The van der Waals surface area contributed by atoms with Crippen molar-refractivity contribution in [1.29, 1.82) is 0 Å². The van der Waals surface area contributed by atoms with Crippen LogP contribution >= 0.6 is 14.3 Å². The van der Waals surface area contributed by atoms with Gasteiger partial charge in [0.2, 0.25) is 0 Å². The molecule has 0 atom stereocenters. The summed E-state index contributed by atoms with van der Waals surface area (Å²) in [6, 6.07) is 39.7. The first-order chi connectivity index (χ1) is 16.6. The maximum absolute atomic E-state index is 14.8. The predicted octanol–water partition coefficient (Wildman–Crippen LogP) is 4.36. The van der Waals surface area contributed by atoms with Gasteiger partial charge in [-0.15, -0.1) is 0 Å². The normalized spacial score (nSPS) is 11.8. The van der Waals surface area contributed by atoms with Crippen LogP contribution in [-0.2, 0) is 9.13 Å². The summed E-state index contributed by atoms with van der Waals surface area (Å²) in [5.74, 6) is 0. The number of aromatic nitrogens is 1. The average Bonchev–Trinajstić information content (AvgIpc) is 2.94. The van der Waals surface area contributed by atoms with Gasteiger partial charge in [0.15, 0.2) is 14.3 Å². The maximum Gasteiger partial charge on any atom is 0.172 e. The van der Waals surface area contributed by atoms with Crippen molar-refractivity contribution in [3.8, 4) is 0 Å². The molecule has 0 saturated carbocycles. The maximum atomic E-state index is 14.8. The van der Waals surface area contributed by atoms with Crippen molar-refractivity contribution in [2.75, 3.05) is 0 Å². The number of nitrogens with zero attached hydrogens (tertiary/aromatic N) is 1. The third-order valence-corrected chi connectivity index (χ3v) is 12.0. The van der Waals surface area contributed by atoms with Crippen LogP contribution in [0.15, 0.2) is 140 Å². The summed E-state index contributed by atoms with van der Waals surface area (Å²) in [6.45, 7) is 0. The van der Waals surface area contributed by atoms with E-state index in [1.807, 2.05) is 127 Å². The molecule has 1 heterocycles. The highest BCUT2D eigenvalue weighted by Crippen LogP contribution is 2.45. The van der Waals surface area contributed by atoms with Crippen molar-refractivity contribution in [3.05, 3.63) is 140 Å². The van der Waals surface area contributed by atoms with Gasteiger partial charge in [0.25, 0.3) is 0 Å². The van der Waals surface area contributed by atoms with Crippen molar-refractivity contribution >= 4 is 46.1 Å². The topological polar surface area (TPSA) is 47.0 Å². The molecule has 0 aliphatic carbocycles.